The van der Waals surface area contributed by atoms with E-state index in [4.69, 9.17) is 0 Å². The van der Waals surface area contributed by atoms with E-state index >= 15 is 0 Å². The van der Waals surface area contributed by atoms with Crippen LogP contribution in [0.25, 0.3) is 6.08 Å². The zero-order valence-electron chi connectivity index (χ0n) is 12.7. The lowest BCUT2D eigenvalue weighted by molar-refractivity contribution is 0.569. The molecule has 0 unspecified atom stereocenters. The Bertz CT molecular complexity index is 1040. The Morgan fingerprint density at radius 3 is 2.58 bits per heavy atom. The summed E-state index contributed by atoms with van der Waals surface area (Å²) in [5, 5.41) is 0. The molecule has 1 aliphatic rings. The van der Waals surface area contributed by atoms with Gasteiger partial charge in [-0.2, -0.15) is 0 Å². The molecule has 6 heteroatoms. The first-order valence-corrected chi connectivity index (χ1v) is 9.13. The van der Waals surface area contributed by atoms with E-state index in [-0.39, 0.29) is 5.56 Å². The Morgan fingerprint density at radius 1 is 1.08 bits per heavy atom. The van der Waals surface area contributed by atoms with Crippen LogP contribution in [0.5, 0.6) is 0 Å². The third-order valence-electron chi connectivity index (χ3n) is 3.87. The summed E-state index contributed by atoms with van der Waals surface area (Å²) in [6.07, 6.45) is 1.93. The van der Waals surface area contributed by atoms with E-state index in [2.05, 4.69) is 25.8 Å². The minimum absolute atomic E-state index is 0.0180. The van der Waals surface area contributed by atoms with Crippen LogP contribution in [0.1, 0.15) is 5.56 Å². The molecule has 0 N–H and O–H groups in total. The Labute approximate surface area is 151 Å². The van der Waals surface area contributed by atoms with Crippen LogP contribution in [0.3, 0.4) is 0 Å². The van der Waals surface area contributed by atoms with Gasteiger partial charge in [0.2, 0.25) is 0 Å². The smallest absolute Gasteiger partial charge is 0.271 e. The quantitative estimate of drug-likeness (QED) is 0.663. The van der Waals surface area contributed by atoms with Gasteiger partial charge in [0.05, 0.1) is 4.53 Å². The summed E-state index contributed by atoms with van der Waals surface area (Å²) in [4.78, 5) is 20.1. The molecular weight excluding hydrogens is 386 g/mol. The fourth-order valence-corrected chi connectivity index (χ4v) is 3.85. The number of rotatable bonds is 2. The van der Waals surface area contributed by atoms with Gasteiger partial charge in [-0.15, -0.1) is 0 Å². The molecule has 0 atom stereocenters. The summed E-state index contributed by atoms with van der Waals surface area (Å²) in [6, 6.07) is 17.9. The lowest BCUT2D eigenvalue weighted by Crippen LogP contribution is -2.42. The molecule has 120 valence electrons. The number of anilines is 1. The van der Waals surface area contributed by atoms with Gasteiger partial charge in [0, 0.05) is 10.2 Å². The minimum Gasteiger partial charge on any atom is -0.334 e. The third kappa shape index (κ3) is 2.95. The molecule has 3 aromatic rings. The topological polar surface area (TPSA) is 37.6 Å². The zero-order chi connectivity index (χ0) is 16.5. The van der Waals surface area contributed by atoms with Gasteiger partial charge < -0.3 is 4.90 Å². The van der Waals surface area contributed by atoms with Crippen LogP contribution in [0.2, 0.25) is 0 Å². The molecule has 4 rings (SSSR count). The van der Waals surface area contributed by atoms with Gasteiger partial charge in [-0.25, -0.2) is 4.99 Å². The van der Waals surface area contributed by atoms with Gasteiger partial charge in [-0.05, 0) is 35.9 Å². The molecule has 1 aromatic heterocycles. The highest BCUT2D eigenvalue weighted by atomic mass is 79.9. The maximum Gasteiger partial charge on any atom is 0.271 e. The van der Waals surface area contributed by atoms with E-state index in [9.17, 15) is 4.79 Å². The second-order valence-corrected chi connectivity index (χ2v) is 7.42. The highest BCUT2D eigenvalue weighted by Gasteiger charge is 2.15. The molecule has 2 aromatic carbocycles. The van der Waals surface area contributed by atoms with Gasteiger partial charge in [0.25, 0.3) is 5.56 Å². The molecule has 0 spiro atoms. The van der Waals surface area contributed by atoms with Gasteiger partial charge in [0.1, 0.15) is 13.3 Å². The Hall–Kier alpha value is -2.18. The van der Waals surface area contributed by atoms with Gasteiger partial charge in [-0.1, -0.05) is 57.6 Å². The zero-order valence-corrected chi connectivity index (χ0v) is 15.1. The fourth-order valence-electron chi connectivity index (χ4n) is 2.63. The number of halogens is 1. The van der Waals surface area contributed by atoms with E-state index < -0.39 is 0 Å². The monoisotopic (exact) mass is 399 g/mol. The van der Waals surface area contributed by atoms with Crippen LogP contribution in [-0.2, 0) is 6.67 Å². The lowest BCUT2D eigenvalue weighted by Gasteiger charge is -2.25. The highest BCUT2D eigenvalue weighted by Crippen LogP contribution is 2.19. The number of benzene rings is 2. The van der Waals surface area contributed by atoms with Crippen molar-refractivity contribution in [3.63, 3.8) is 0 Å². The van der Waals surface area contributed by atoms with Crippen molar-refractivity contribution in [1.82, 2.24) is 4.57 Å². The van der Waals surface area contributed by atoms with Crippen LogP contribution in [0, 0.1) is 0 Å². The molecule has 24 heavy (non-hydrogen) atoms. The largest absolute Gasteiger partial charge is 0.334 e. The van der Waals surface area contributed by atoms with Gasteiger partial charge >= 0.3 is 0 Å². The normalized spacial score (nSPS) is 14.4. The summed E-state index contributed by atoms with van der Waals surface area (Å²) in [6.45, 7) is 1.09. The van der Waals surface area contributed by atoms with Crippen molar-refractivity contribution < 1.29 is 0 Å². The van der Waals surface area contributed by atoms with E-state index in [1.165, 1.54) is 11.3 Å². The molecule has 0 fully saturated rings. The Balaban J connectivity index is 1.71. The summed E-state index contributed by atoms with van der Waals surface area (Å²) < 4.78 is 3.50. The number of aromatic nitrogens is 1. The standard InChI is InChI=1S/C18H14BrN3OS/c19-14-6-8-15(9-7-14)21-11-20-18-22(12-21)17(23)16(24-18)10-13-4-2-1-3-5-13/h1-10H,11-12H2. The van der Waals surface area contributed by atoms with Crippen LogP contribution < -0.4 is 19.8 Å². The van der Waals surface area contributed by atoms with Crippen molar-refractivity contribution in [2.45, 2.75) is 6.67 Å². The van der Waals surface area contributed by atoms with Crippen molar-refractivity contribution in [2.75, 3.05) is 11.6 Å². The first kappa shape index (κ1) is 15.4. The number of nitrogens with zero attached hydrogens (tertiary/aromatic N) is 3. The lowest BCUT2D eigenvalue weighted by atomic mass is 10.2. The molecule has 0 bridgehead atoms. The molecule has 4 nitrogen and oxygen atoms in total. The first-order valence-electron chi connectivity index (χ1n) is 7.52. The van der Waals surface area contributed by atoms with Gasteiger partial charge in [0.15, 0.2) is 4.80 Å². The summed E-state index contributed by atoms with van der Waals surface area (Å²) in [5.74, 6) is 0. The van der Waals surface area contributed by atoms with Crippen molar-refractivity contribution >= 4 is 39.0 Å². The first-order chi connectivity index (χ1) is 11.7. The minimum atomic E-state index is 0.0180. The van der Waals surface area contributed by atoms with E-state index in [0.717, 1.165) is 25.1 Å². The van der Waals surface area contributed by atoms with Crippen molar-refractivity contribution in [2.24, 2.45) is 4.99 Å². The predicted molar refractivity (Wildman–Crippen MR) is 101 cm³/mol. The SMILES string of the molecule is O=c1c(=Cc2ccccc2)sc2n1CN(c1ccc(Br)cc1)CN=2. The van der Waals surface area contributed by atoms with E-state index in [1.54, 1.807) is 4.57 Å². The summed E-state index contributed by atoms with van der Waals surface area (Å²) in [5.41, 5.74) is 2.10. The number of hydrogen-bond acceptors (Lipinski definition) is 4. The Morgan fingerprint density at radius 2 is 1.83 bits per heavy atom. The molecule has 0 aliphatic carbocycles. The van der Waals surface area contributed by atoms with Crippen molar-refractivity contribution in [1.29, 1.82) is 0 Å². The number of fused-ring (bicyclic) bond motifs is 1. The highest BCUT2D eigenvalue weighted by molar-refractivity contribution is 9.10. The predicted octanol–water partition coefficient (Wildman–Crippen LogP) is 2.56. The average molecular weight is 400 g/mol. The molecule has 0 saturated heterocycles. The molecule has 0 saturated carbocycles. The molecular formula is C18H14BrN3OS. The molecule has 2 heterocycles. The second kappa shape index (κ2) is 6.37. The number of hydrogen-bond donors (Lipinski definition) is 0. The van der Waals surface area contributed by atoms with Gasteiger partial charge in [-0.3, -0.25) is 9.36 Å². The van der Waals surface area contributed by atoms with Crippen molar-refractivity contribution in [3.8, 4) is 0 Å². The van der Waals surface area contributed by atoms with Crippen LogP contribution in [-0.4, -0.2) is 11.2 Å². The molecule has 0 radical (unpaired) electrons. The van der Waals surface area contributed by atoms with Crippen LogP contribution >= 0.6 is 27.3 Å². The molecule has 1 aliphatic heterocycles. The average Bonchev–Trinajstić information content (AvgIpc) is 2.92. The Kier molecular flexibility index (Phi) is 4.08. The van der Waals surface area contributed by atoms with Crippen LogP contribution in [0.15, 0.2) is 68.9 Å². The number of thiazole rings is 1. The maximum absolute atomic E-state index is 12.7. The third-order valence-corrected chi connectivity index (χ3v) is 5.44. The van der Waals surface area contributed by atoms with Crippen molar-refractivity contribution in [3.05, 3.63) is 84.3 Å². The fraction of sp³-hybridized carbons (Fsp3) is 0.111. The summed E-state index contributed by atoms with van der Waals surface area (Å²) in [7, 11) is 0. The van der Waals surface area contributed by atoms with Crippen LogP contribution in [0.4, 0.5) is 5.69 Å². The van der Waals surface area contributed by atoms with E-state index in [0.29, 0.717) is 13.3 Å². The maximum atomic E-state index is 12.7. The summed E-state index contributed by atoms with van der Waals surface area (Å²) >= 11 is 4.89. The molecule has 0 amide bonds. The second-order valence-electron chi connectivity index (χ2n) is 5.49. The van der Waals surface area contributed by atoms with E-state index in [1.807, 2.05) is 60.7 Å².